The Morgan fingerprint density at radius 3 is 1.59 bits per heavy atom. The van der Waals surface area contributed by atoms with Crippen molar-refractivity contribution >= 4 is 0 Å². The molecule has 0 aliphatic carbocycles. The summed E-state index contributed by atoms with van der Waals surface area (Å²) in [6.07, 6.45) is 5.21. The van der Waals surface area contributed by atoms with Crippen molar-refractivity contribution in [1.29, 1.82) is 0 Å². The van der Waals surface area contributed by atoms with Crippen LogP contribution in [0, 0.1) is 0 Å². The topological polar surface area (TPSA) is 71.9 Å². The number of hydrogen-bond donors (Lipinski definition) is 0. The van der Waals surface area contributed by atoms with Crippen molar-refractivity contribution in [2.45, 2.75) is 62.0 Å². The van der Waals surface area contributed by atoms with E-state index in [-0.39, 0.29) is 24.4 Å². The minimum atomic E-state index is 0.176. The van der Waals surface area contributed by atoms with Gasteiger partial charge in [0.05, 0.1) is 63.6 Å². The average molecular weight is 376 g/mol. The van der Waals surface area contributed by atoms with Crippen molar-refractivity contribution in [2.75, 3.05) is 33.0 Å². The minimum absolute atomic E-state index is 0.176. The lowest BCUT2D eigenvalue weighted by molar-refractivity contribution is -0.0500. The number of ether oxygens (including phenoxy) is 6. The standard InChI is InChI=1S/C12H18O5.C9H10O/c1(7-3-13-7)9(11-5-15-11)17-10(12-6-16-12)2-8-4-14-8;1-2-4-8(5-3-1)6-9-7-10-9/h7-12H,1-6H2;1-5,9H,6-7H2. The molecule has 6 rings (SSSR count). The molecule has 5 saturated heterocycles. The zero-order valence-corrected chi connectivity index (χ0v) is 15.5. The zero-order chi connectivity index (χ0) is 18.1. The number of hydrogen-bond acceptors (Lipinski definition) is 6. The van der Waals surface area contributed by atoms with Gasteiger partial charge >= 0.3 is 0 Å². The fourth-order valence-electron chi connectivity index (χ4n) is 3.34. The molecule has 0 bridgehead atoms. The summed E-state index contributed by atoms with van der Waals surface area (Å²) in [5, 5.41) is 0. The first kappa shape index (κ1) is 18.0. The van der Waals surface area contributed by atoms with Crippen LogP contribution in [-0.2, 0) is 34.8 Å². The Morgan fingerprint density at radius 2 is 1.19 bits per heavy atom. The van der Waals surface area contributed by atoms with Crippen molar-refractivity contribution in [3.8, 4) is 0 Å². The molecule has 0 spiro atoms. The Bertz CT molecular complexity index is 562. The van der Waals surface area contributed by atoms with Crippen molar-refractivity contribution in [3.05, 3.63) is 35.9 Å². The first-order valence-electron chi connectivity index (χ1n) is 10.1. The highest BCUT2D eigenvalue weighted by molar-refractivity contribution is 5.16. The summed E-state index contributed by atoms with van der Waals surface area (Å²) in [4.78, 5) is 0. The molecule has 27 heavy (non-hydrogen) atoms. The Balaban J connectivity index is 0.000000137. The highest BCUT2D eigenvalue weighted by atomic mass is 16.6. The van der Waals surface area contributed by atoms with Gasteiger partial charge in [-0.05, 0) is 5.56 Å². The van der Waals surface area contributed by atoms with E-state index in [1.807, 2.05) is 6.07 Å². The molecule has 6 heteroatoms. The van der Waals surface area contributed by atoms with E-state index in [1.165, 1.54) is 5.56 Å². The van der Waals surface area contributed by atoms with Gasteiger partial charge in [0, 0.05) is 19.3 Å². The fraction of sp³-hybridized carbons (Fsp3) is 0.714. The van der Waals surface area contributed by atoms with Crippen LogP contribution in [0.1, 0.15) is 18.4 Å². The van der Waals surface area contributed by atoms with Crippen LogP contribution in [0.5, 0.6) is 0 Å². The summed E-state index contributed by atoms with van der Waals surface area (Å²) >= 11 is 0. The summed E-state index contributed by atoms with van der Waals surface area (Å²) in [6.45, 7) is 4.37. The highest BCUT2D eigenvalue weighted by Crippen LogP contribution is 2.32. The van der Waals surface area contributed by atoms with Crippen LogP contribution in [0.2, 0.25) is 0 Å². The van der Waals surface area contributed by atoms with Gasteiger partial charge in [-0.1, -0.05) is 30.3 Å². The Hall–Kier alpha value is -1.02. The first-order chi connectivity index (χ1) is 13.3. The van der Waals surface area contributed by atoms with Gasteiger partial charge in [-0.2, -0.15) is 0 Å². The molecule has 5 aliphatic rings. The molecule has 7 atom stereocenters. The fourth-order valence-corrected chi connectivity index (χ4v) is 3.34. The average Bonchev–Trinajstić information content (AvgIpc) is 3.49. The molecular weight excluding hydrogens is 348 g/mol. The van der Waals surface area contributed by atoms with E-state index in [4.69, 9.17) is 28.4 Å². The molecule has 0 N–H and O–H groups in total. The van der Waals surface area contributed by atoms with Gasteiger partial charge in [0.1, 0.15) is 12.2 Å². The van der Waals surface area contributed by atoms with Crippen LogP contribution in [0.3, 0.4) is 0 Å². The van der Waals surface area contributed by atoms with Gasteiger partial charge in [0.15, 0.2) is 0 Å². The van der Waals surface area contributed by atoms with Crippen LogP contribution >= 0.6 is 0 Å². The number of epoxide rings is 5. The maximum atomic E-state index is 6.19. The summed E-state index contributed by atoms with van der Waals surface area (Å²) < 4.78 is 32.6. The van der Waals surface area contributed by atoms with Crippen LogP contribution in [0.4, 0.5) is 0 Å². The molecule has 5 fully saturated rings. The van der Waals surface area contributed by atoms with Crippen molar-refractivity contribution in [1.82, 2.24) is 0 Å². The second-order valence-electron chi connectivity index (χ2n) is 7.98. The van der Waals surface area contributed by atoms with Gasteiger partial charge in [-0.25, -0.2) is 0 Å². The lowest BCUT2D eigenvalue weighted by atomic mass is 10.1. The molecule has 0 aromatic heterocycles. The molecule has 0 radical (unpaired) electrons. The summed E-state index contributed by atoms with van der Waals surface area (Å²) in [7, 11) is 0. The molecule has 5 aliphatic heterocycles. The summed E-state index contributed by atoms with van der Waals surface area (Å²) in [5.41, 5.74) is 1.38. The van der Waals surface area contributed by atoms with E-state index in [0.29, 0.717) is 18.3 Å². The molecule has 7 unspecified atom stereocenters. The molecule has 6 nitrogen and oxygen atoms in total. The first-order valence-corrected chi connectivity index (χ1v) is 10.1. The van der Waals surface area contributed by atoms with E-state index < -0.39 is 0 Å². The van der Waals surface area contributed by atoms with Crippen LogP contribution in [-0.4, -0.2) is 75.8 Å². The van der Waals surface area contributed by atoms with Gasteiger partial charge in [-0.15, -0.1) is 0 Å². The minimum Gasteiger partial charge on any atom is -0.373 e. The monoisotopic (exact) mass is 376 g/mol. The quantitative estimate of drug-likeness (QED) is 0.579. The Kier molecular flexibility index (Phi) is 5.45. The third-order valence-corrected chi connectivity index (χ3v) is 5.40. The smallest absolute Gasteiger partial charge is 0.107 e. The van der Waals surface area contributed by atoms with Gasteiger partial charge in [-0.3, -0.25) is 0 Å². The second-order valence-corrected chi connectivity index (χ2v) is 7.98. The molecular formula is C21H28O6. The summed E-state index contributed by atoms with van der Waals surface area (Å²) in [5.74, 6) is 0. The number of benzene rings is 1. The predicted molar refractivity (Wildman–Crippen MR) is 96.7 cm³/mol. The molecule has 0 amide bonds. The van der Waals surface area contributed by atoms with E-state index in [2.05, 4.69) is 24.3 Å². The highest BCUT2D eigenvalue weighted by Gasteiger charge is 2.44. The van der Waals surface area contributed by atoms with Crippen molar-refractivity contribution < 1.29 is 28.4 Å². The van der Waals surface area contributed by atoms with Gasteiger partial charge in [0.2, 0.25) is 0 Å². The van der Waals surface area contributed by atoms with Crippen LogP contribution in [0.25, 0.3) is 0 Å². The lowest BCUT2D eigenvalue weighted by Gasteiger charge is -2.22. The molecule has 148 valence electrons. The largest absolute Gasteiger partial charge is 0.373 e. The van der Waals surface area contributed by atoms with E-state index in [0.717, 1.165) is 52.3 Å². The Labute approximate surface area is 160 Å². The maximum Gasteiger partial charge on any atom is 0.107 e. The zero-order valence-electron chi connectivity index (χ0n) is 15.5. The third kappa shape index (κ3) is 6.24. The SMILES string of the molecule is C1OC1CC(OC(CC1CO1)C1CO1)C1CO1.c1ccc(CC2CO2)cc1. The molecule has 5 heterocycles. The third-order valence-electron chi connectivity index (χ3n) is 5.40. The second kappa shape index (κ2) is 8.15. The molecule has 1 aromatic carbocycles. The van der Waals surface area contributed by atoms with Crippen LogP contribution < -0.4 is 0 Å². The number of rotatable bonds is 10. The van der Waals surface area contributed by atoms with E-state index in [1.54, 1.807) is 0 Å². The summed E-state index contributed by atoms with van der Waals surface area (Å²) in [6, 6.07) is 10.5. The molecule has 1 aromatic rings. The maximum absolute atomic E-state index is 6.19. The van der Waals surface area contributed by atoms with E-state index in [9.17, 15) is 0 Å². The van der Waals surface area contributed by atoms with Crippen molar-refractivity contribution in [3.63, 3.8) is 0 Å². The van der Waals surface area contributed by atoms with Gasteiger partial charge in [0.25, 0.3) is 0 Å². The van der Waals surface area contributed by atoms with Gasteiger partial charge < -0.3 is 28.4 Å². The van der Waals surface area contributed by atoms with E-state index >= 15 is 0 Å². The normalized spacial score (nSPS) is 36.8. The van der Waals surface area contributed by atoms with Crippen molar-refractivity contribution in [2.24, 2.45) is 0 Å². The predicted octanol–water partition coefficient (Wildman–Crippen LogP) is 1.74. The van der Waals surface area contributed by atoms with Crippen LogP contribution in [0.15, 0.2) is 30.3 Å². The molecule has 0 saturated carbocycles. The lowest BCUT2D eigenvalue weighted by Crippen LogP contribution is -2.32. The Morgan fingerprint density at radius 1 is 0.704 bits per heavy atom.